The lowest BCUT2D eigenvalue weighted by Crippen LogP contribution is -2.38. The number of benzene rings is 1. The predicted molar refractivity (Wildman–Crippen MR) is 103 cm³/mol. The monoisotopic (exact) mass is 368 g/mol. The molecule has 1 aliphatic heterocycles. The second kappa shape index (κ2) is 8.64. The van der Waals surface area contributed by atoms with Crippen LogP contribution in [-0.2, 0) is 9.53 Å². The number of rotatable bonds is 4. The van der Waals surface area contributed by atoms with E-state index < -0.39 is 0 Å². The van der Waals surface area contributed by atoms with Gasteiger partial charge in [-0.2, -0.15) is 0 Å². The molecule has 1 aromatic heterocycles. The molecule has 2 aromatic rings. The predicted octanol–water partition coefficient (Wildman–Crippen LogP) is 1.65. The van der Waals surface area contributed by atoms with Gasteiger partial charge in [0, 0.05) is 62.5 Å². The van der Waals surface area contributed by atoms with E-state index in [0.717, 1.165) is 17.5 Å². The number of nitrogens with zero attached hydrogens (tertiary/aromatic N) is 3. The van der Waals surface area contributed by atoms with Gasteiger partial charge in [-0.3, -0.25) is 14.6 Å². The quantitative estimate of drug-likeness (QED) is 0.886. The summed E-state index contributed by atoms with van der Waals surface area (Å²) in [6, 6.07) is 9.13. The van der Waals surface area contributed by atoms with E-state index in [1.165, 1.54) is 7.11 Å². The summed E-state index contributed by atoms with van der Waals surface area (Å²) in [6.07, 6.45) is 4.12. The highest BCUT2D eigenvalue weighted by atomic mass is 16.5. The molecule has 1 aliphatic rings. The van der Waals surface area contributed by atoms with Gasteiger partial charge in [0.25, 0.3) is 5.91 Å². The van der Waals surface area contributed by atoms with Gasteiger partial charge in [-0.15, -0.1) is 0 Å². The maximum atomic E-state index is 12.8. The molecule has 2 heterocycles. The minimum Gasteiger partial charge on any atom is -0.398 e. The summed E-state index contributed by atoms with van der Waals surface area (Å²) in [7, 11) is 1.51. The average Bonchev–Trinajstić information content (AvgIpc) is 2.94. The van der Waals surface area contributed by atoms with Gasteiger partial charge >= 0.3 is 0 Å². The molecule has 7 nitrogen and oxygen atoms in total. The molecule has 0 unspecified atom stereocenters. The number of carbonyl (C=O) groups is 2. The molecule has 0 atom stereocenters. The highest BCUT2D eigenvalue weighted by molar-refractivity contribution is 5.95. The lowest BCUT2D eigenvalue weighted by atomic mass is 10.0. The van der Waals surface area contributed by atoms with E-state index in [-0.39, 0.29) is 18.4 Å². The first-order chi connectivity index (χ1) is 13.1. The lowest BCUT2D eigenvalue weighted by molar-refractivity contribution is -0.135. The Labute approximate surface area is 158 Å². The molecule has 1 fully saturated rings. The Bertz CT molecular complexity index is 807. The zero-order valence-corrected chi connectivity index (χ0v) is 15.4. The number of aromatic nitrogens is 1. The maximum Gasteiger partial charge on any atom is 0.253 e. The van der Waals surface area contributed by atoms with Gasteiger partial charge in [0.1, 0.15) is 6.61 Å². The molecule has 1 saturated heterocycles. The number of hydrogen-bond acceptors (Lipinski definition) is 5. The van der Waals surface area contributed by atoms with Gasteiger partial charge in [0.2, 0.25) is 5.91 Å². The van der Waals surface area contributed by atoms with E-state index in [4.69, 9.17) is 10.5 Å². The highest BCUT2D eigenvalue weighted by Crippen LogP contribution is 2.25. The molecule has 2 amide bonds. The van der Waals surface area contributed by atoms with Crippen molar-refractivity contribution in [2.75, 3.05) is 45.6 Å². The third-order valence-electron chi connectivity index (χ3n) is 4.70. The van der Waals surface area contributed by atoms with Crippen LogP contribution in [0.5, 0.6) is 0 Å². The van der Waals surface area contributed by atoms with Gasteiger partial charge in [0.05, 0.1) is 0 Å². The van der Waals surface area contributed by atoms with Crippen molar-refractivity contribution in [3.63, 3.8) is 0 Å². The zero-order valence-electron chi connectivity index (χ0n) is 15.4. The van der Waals surface area contributed by atoms with E-state index >= 15 is 0 Å². The smallest absolute Gasteiger partial charge is 0.253 e. The number of nitrogens with two attached hydrogens (primary N) is 1. The van der Waals surface area contributed by atoms with Crippen LogP contribution in [0.3, 0.4) is 0 Å². The number of nitrogen functional groups attached to an aromatic ring is 1. The Kier molecular flexibility index (Phi) is 6.03. The van der Waals surface area contributed by atoms with Crippen molar-refractivity contribution in [3.05, 3.63) is 48.3 Å². The van der Waals surface area contributed by atoms with Crippen LogP contribution in [0, 0.1) is 0 Å². The Morgan fingerprint density at radius 3 is 2.48 bits per heavy atom. The molecule has 0 radical (unpaired) electrons. The molecule has 0 bridgehead atoms. The number of carbonyl (C=O) groups excluding carboxylic acids is 2. The van der Waals surface area contributed by atoms with Crippen molar-refractivity contribution in [1.82, 2.24) is 14.8 Å². The number of amides is 2. The Hall–Kier alpha value is -2.93. The topological polar surface area (TPSA) is 88.8 Å². The molecule has 0 aliphatic carbocycles. The fraction of sp³-hybridized carbons (Fsp3) is 0.350. The average molecular weight is 368 g/mol. The van der Waals surface area contributed by atoms with Crippen LogP contribution in [0.15, 0.2) is 42.7 Å². The third-order valence-corrected chi connectivity index (χ3v) is 4.70. The van der Waals surface area contributed by atoms with Gasteiger partial charge in [-0.25, -0.2) is 0 Å². The molecule has 142 valence electrons. The summed E-state index contributed by atoms with van der Waals surface area (Å²) < 4.78 is 4.91. The Balaban J connectivity index is 1.67. The first-order valence-corrected chi connectivity index (χ1v) is 8.96. The van der Waals surface area contributed by atoms with E-state index in [1.807, 2.05) is 24.3 Å². The fourth-order valence-electron chi connectivity index (χ4n) is 3.21. The van der Waals surface area contributed by atoms with Crippen molar-refractivity contribution in [2.24, 2.45) is 0 Å². The van der Waals surface area contributed by atoms with E-state index in [1.54, 1.807) is 28.3 Å². The van der Waals surface area contributed by atoms with Crippen LogP contribution in [0.1, 0.15) is 16.8 Å². The van der Waals surface area contributed by atoms with Crippen molar-refractivity contribution in [1.29, 1.82) is 0 Å². The molecule has 1 aromatic carbocycles. The van der Waals surface area contributed by atoms with Crippen LogP contribution in [-0.4, -0.2) is 66.5 Å². The summed E-state index contributed by atoms with van der Waals surface area (Å²) in [5.74, 6) is -0.0630. The van der Waals surface area contributed by atoms with Crippen LogP contribution in [0.25, 0.3) is 11.1 Å². The van der Waals surface area contributed by atoms with Crippen LogP contribution in [0.2, 0.25) is 0 Å². The van der Waals surface area contributed by atoms with Crippen molar-refractivity contribution in [2.45, 2.75) is 6.42 Å². The van der Waals surface area contributed by atoms with Crippen molar-refractivity contribution in [3.8, 4) is 11.1 Å². The second-order valence-electron chi connectivity index (χ2n) is 6.50. The first kappa shape index (κ1) is 18.8. The van der Waals surface area contributed by atoms with Gasteiger partial charge < -0.3 is 20.3 Å². The Morgan fingerprint density at radius 2 is 1.78 bits per heavy atom. The summed E-state index contributed by atoms with van der Waals surface area (Å²) in [4.78, 5) is 32.5. The number of methoxy groups -OCH3 is 1. The number of hydrogen-bond donors (Lipinski definition) is 1. The van der Waals surface area contributed by atoms with E-state index in [9.17, 15) is 9.59 Å². The zero-order chi connectivity index (χ0) is 19.2. The summed E-state index contributed by atoms with van der Waals surface area (Å²) in [5.41, 5.74) is 9.03. The molecular weight excluding hydrogens is 344 g/mol. The van der Waals surface area contributed by atoms with Gasteiger partial charge in [-0.1, -0.05) is 12.1 Å². The molecule has 2 N–H and O–H groups in total. The molecule has 0 spiro atoms. The second-order valence-corrected chi connectivity index (χ2v) is 6.50. The van der Waals surface area contributed by atoms with Crippen molar-refractivity contribution >= 4 is 17.5 Å². The SMILES string of the molecule is COCC(=O)N1CCCN(C(=O)c2ccc(-c3cnccc3N)cc2)CC1. The van der Waals surface area contributed by atoms with Gasteiger partial charge in [-0.05, 0) is 30.2 Å². The third kappa shape index (κ3) is 4.43. The normalized spacial score (nSPS) is 14.7. The summed E-state index contributed by atoms with van der Waals surface area (Å²) in [6.45, 7) is 2.40. The molecule has 3 rings (SSSR count). The van der Waals surface area contributed by atoms with Gasteiger partial charge in [0.15, 0.2) is 0 Å². The van der Waals surface area contributed by atoms with Crippen LogP contribution in [0.4, 0.5) is 5.69 Å². The largest absolute Gasteiger partial charge is 0.398 e. The molecule has 7 heteroatoms. The summed E-state index contributed by atoms with van der Waals surface area (Å²) in [5, 5.41) is 0. The lowest BCUT2D eigenvalue weighted by Gasteiger charge is -2.22. The van der Waals surface area contributed by atoms with Crippen LogP contribution >= 0.6 is 0 Å². The highest BCUT2D eigenvalue weighted by Gasteiger charge is 2.22. The molecule has 0 saturated carbocycles. The number of ether oxygens (including phenoxy) is 1. The first-order valence-electron chi connectivity index (χ1n) is 8.96. The van der Waals surface area contributed by atoms with E-state index in [0.29, 0.717) is 37.4 Å². The number of pyridine rings is 1. The minimum absolute atomic E-state index is 0.0262. The molecular formula is C20H24N4O3. The Morgan fingerprint density at radius 1 is 1.07 bits per heavy atom. The fourth-order valence-corrected chi connectivity index (χ4v) is 3.21. The minimum atomic E-state index is -0.0368. The molecule has 27 heavy (non-hydrogen) atoms. The van der Waals surface area contributed by atoms with Crippen molar-refractivity contribution < 1.29 is 14.3 Å². The standard InChI is InChI=1S/C20H24N4O3/c1-27-14-19(25)23-9-2-10-24(12-11-23)20(26)16-5-3-15(4-6-16)17-13-22-8-7-18(17)21/h3-8,13H,2,9-12,14H2,1H3,(H2,21,22). The summed E-state index contributed by atoms with van der Waals surface area (Å²) >= 11 is 0. The number of anilines is 1. The van der Waals surface area contributed by atoms with Crippen LogP contribution < -0.4 is 5.73 Å². The van der Waals surface area contributed by atoms with E-state index in [2.05, 4.69) is 4.98 Å². The maximum absolute atomic E-state index is 12.8.